The molecule has 2 heterocycles. The average molecular weight is 366 g/mol. The summed E-state index contributed by atoms with van der Waals surface area (Å²) < 4.78 is 5.17. The lowest BCUT2D eigenvalue weighted by Crippen LogP contribution is -2.23. The molecule has 1 aromatic heterocycles. The van der Waals surface area contributed by atoms with Crippen LogP contribution in [0.15, 0.2) is 53.7 Å². The summed E-state index contributed by atoms with van der Waals surface area (Å²) in [6.07, 6.45) is 1.60. The summed E-state index contributed by atoms with van der Waals surface area (Å²) in [6, 6.07) is 15.5. The van der Waals surface area contributed by atoms with Gasteiger partial charge in [0.05, 0.1) is 12.4 Å². The number of aromatic nitrogens is 3. The zero-order valence-electron chi connectivity index (χ0n) is 14.2. The molecule has 2 aromatic carbocycles. The van der Waals surface area contributed by atoms with Gasteiger partial charge >= 0.3 is 0 Å². The summed E-state index contributed by atoms with van der Waals surface area (Å²) in [5, 5.41) is 10.6. The molecule has 6 nitrogen and oxygen atoms in total. The lowest BCUT2D eigenvalue weighted by molar-refractivity contribution is -0.115. The van der Waals surface area contributed by atoms with E-state index in [0.717, 1.165) is 35.4 Å². The van der Waals surface area contributed by atoms with E-state index in [-0.39, 0.29) is 11.2 Å². The maximum Gasteiger partial charge on any atom is 0.237 e. The van der Waals surface area contributed by atoms with E-state index in [1.165, 1.54) is 11.8 Å². The molecule has 2 N–H and O–H groups in total. The number of carbonyl (C=O) groups excluding carboxylic acids is 1. The molecule has 0 bridgehead atoms. The van der Waals surface area contributed by atoms with E-state index >= 15 is 0 Å². The monoisotopic (exact) mass is 366 g/mol. The number of amides is 1. The van der Waals surface area contributed by atoms with Crippen LogP contribution in [0.3, 0.4) is 0 Å². The molecule has 1 unspecified atom stereocenters. The predicted octanol–water partition coefficient (Wildman–Crippen LogP) is 3.53. The molecule has 1 atom stereocenters. The van der Waals surface area contributed by atoms with Crippen molar-refractivity contribution in [3.05, 3.63) is 54.1 Å². The fraction of sp³-hybridized carbons (Fsp3) is 0.211. The molecule has 0 spiro atoms. The number of benzene rings is 2. The number of nitrogens with zero attached hydrogens (tertiary/aromatic N) is 2. The zero-order chi connectivity index (χ0) is 17.9. The fourth-order valence-electron chi connectivity index (χ4n) is 2.91. The summed E-state index contributed by atoms with van der Waals surface area (Å²) in [7, 11) is 1.63. The van der Waals surface area contributed by atoms with Gasteiger partial charge in [-0.1, -0.05) is 30.0 Å². The molecule has 0 saturated carbocycles. The van der Waals surface area contributed by atoms with Crippen LogP contribution in [0.5, 0.6) is 5.75 Å². The first-order chi connectivity index (χ1) is 12.7. The van der Waals surface area contributed by atoms with E-state index in [1.54, 1.807) is 7.11 Å². The van der Waals surface area contributed by atoms with Gasteiger partial charge in [0.15, 0.2) is 5.82 Å². The van der Waals surface area contributed by atoms with E-state index in [0.29, 0.717) is 11.0 Å². The van der Waals surface area contributed by atoms with Crippen molar-refractivity contribution in [2.45, 2.75) is 23.2 Å². The van der Waals surface area contributed by atoms with E-state index < -0.39 is 0 Å². The maximum atomic E-state index is 12.5. The Morgan fingerprint density at radius 3 is 2.77 bits per heavy atom. The number of aromatic amines is 1. The lowest BCUT2D eigenvalue weighted by Gasteiger charge is -2.10. The highest BCUT2D eigenvalue weighted by molar-refractivity contribution is 8.00. The minimum Gasteiger partial charge on any atom is -0.497 e. The quantitative estimate of drug-likeness (QED) is 0.738. The predicted molar refractivity (Wildman–Crippen MR) is 101 cm³/mol. The van der Waals surface area contributed by atoms with Crippen LogP contribution in [0, 0.1) is 0 Å². The molecule has 26 heavy (non-hydrogen) atoms. The van der Waals surface area contributed by atoms with Gasteiger partial charge in [-0.05, 0) is 48.7 Å². The van der Waals surface area contributed by atoms with Crippen molar-refractivity contribution < 1.29 is 9.53 Å². The van der Waals surface area contributed by atoms with Gasteiger partial charge in [-0.3, -0.25) is 9.89 Å². The van der Waals surface area contributed by atoms with Gasteiger partial charge in [0.2, 0.25) is 11.1 Å². The highest BCUT2D eigenvalue weighted by atomic mass is 32.2. The van der Waals surface area contributed by atoms with Crippen molar-refractivity contribution in [3.63, 3.8) is 0 Å². The van der Waals surface area contributed by atoms with Crippen LogP contribution >= 0.6 is 11.8 Å². The minimum absolute atomic E-state index is 0.00394. The Morgan fingerprint density at radius 1 is 1.15 bits per heavy atom. The van der Waals surface area contributed by atoms with Gasteiger partial charge in [0.25, 0.3) is 0 Å². The van der Waals surface area contributed by atoms with Gasteiger partial charge < -0.3 is 10.1 Å². The molecule has 0 aliphatic carbocycles. The molecule has 7 heteroatoms. The first-order valence-corrected chi connectivity index (χ1v) is 9.23. The molecule has 4 rings (SSSR count). The van der Waals surface area contributed by atoms with Gasteiger partial charge in [-0.25, -0.2) is 4.98 Å². The summed E-state index contributed by atoms with van der Waals surface area (Å²) in [4.78, 5) is 17.0. The number of H-pyrrole nitrogens is 1. The Hall–Kier alpha value is -2.80. The third-order valence-electron chi connectivity index (χ3n) is 4.32. The number of nitrogens with one attached hydrogen (secondary N) is 2. The van der Waals surface area contributed by atoms with E-state index in [1.807, 2.05) is 42.5 Å². The number of aryl methyl sites for hydroxylation is 1. The summed E-state index contributed by atoms with van der Waals surface area (Å²) in [5.41, 5.74) is 2.98. The average Bonchev–Trinajstić information content (AvgIpc) is 3.08. The number of hydrogen-bond acceptors (Lipinski definition) is 5. The fourth-order valence-corrected chi connectivity index (χ4v) is 3.81. The first-order valence-electron chi connectivity index (χ1n) is 8.35. The smallest absolute Gasteiger partial charge is 0.237 e. The topological polar surface area (TPSA) is 79.9 Å². The van der Waals surface area contributed by atoms with Crippen LogP contribution in [0.2, 0.25) is 0 Å². The molecule has 0 saturated heterocycles. The number of anilines is 1. The van der Waals surface area contributed by atoms with Crippen LogP contribution in [0.4, 0.5) is 5.69 Å². The van der Waals surface area contributed by atoms with Crippen LogP contribution in [0.1, 0.15) is 12.0 Å². The zero-order valence-corrected chi connectivity index (χ0v) is 15.0. The van der Waals surface area contributed by atoms with Crippen LogP contribution in [0.25, 0.3) is 11.4 Å². The molecule has 3 aromatic rings. The molecule has 1 amide bonds. The standard InChI is InChI=1S/C19H18N4O2S/c1-25-14-9-6-13(7-10-14)17-21-19(23-22-17)26-16-11-8-12-4-2-3-5-15(12)20-18(16)24/h2-7,9-10,16H,8,11H2,1H3,(H,20,24)(H,21,22,23). The van der Waals surface area contributed by atoms with E-state index in [9.17, 15) is 4.79 Å². The van der Waals surface area contributed by atoms with Crippen molar-refractivity contribution in [1.82, 2.24) is 15.2 Å². The molecular weight excluding hydrogens is 348 g/mol. The number of carbonyl (C=O) groups is 1. The van der Waals surface area contributed by atoms with Crippen LogP contribution < -0.4 is 10.1 Å². The lowest BCUT2D eigenvalue weighted by atomic mass is 10.1. The van der Waals surface area contributed by atoms with Crippen molar-refractivity contribution in [2.75, 3.05) is 12.4 Å². The highest BCUT2D eigenvalue weighted by Crippen LogP contribution is 2.30. The summed E-state index contributed by atoms with van der Waals surface area (Å²) in [5.74, 6) is 1.46. The molecule has 132 valence electrons. The first kappa shape index (κ1) is 16.7. The second-order valence-electron chi connectivity index (χ2n) is 5.99. The summed E-state index contributed by atoms with van der Waals surface area (Å²) in [6.45, 7) is 0. The molecule has 0 fully saturated rings. The number of fused-ring (bicyclic) bond motifs is 1. The Kier molecular flexibility index (Phi) is 4.62. The second-order valence-corrected chi connectivity index (χ2v) is 7.16. The number of hydrogen-bond donors (Lipinski definition) is 2. The van der Waals surface area contributed by atoms with Crippen molar-refractivity contribution >= 4 is 23.4 Å². The van der Waals surface area contributed by atoms with E-state index in [2.05, 4.69) is 26.6 Å². The second kappa shape index (κ2) is 7.21. The number of para-hydroxylation sites is 1. The molecule has 1 aliphatic heterocycles. The normalized spacial score (nSPS) is 16.5. The SMILES string of the molecule is COc1ccc(-c2nc(SC3CCc4ccccc4NC3=O)n[nH]2)cc1. The summed E-state index contributed by atoms with van der Waals surface area (Å²) >= 11 is 1.39. The highest BCUT2D eigenvalue weighted by Gasteiger charge is 2.26. The number of thioether (sulfide) groups is 1. The van der Waals surface area contributed by atoms with Crippen molar-refractivity contribution in [3.8, 4) is 17.1 Å². The molecule has 1 aliphatic rings. The van der Waals surface area contributed by atoms with Crippen molar-refractivity contribution in [1.29, 1.82) is 0 Å². The Bertz CT molecular complexity index is 923. The Morgan fingerprint density at radius 2 is 1.96 bits per heavy atom. The third kappa shape index (κ3) is 3.43. The van der Waals surface area contributed by atoms with Crippen LogP contribution in [-0.4, -0.2) is 33.4 Å². The number of rotatable bonds is 4. The Labute approximate surface area is 155 Å². The van der Waals surface area contributed by atoms with Crippen molar-refractivity contribution in [2.24, 2.45) is 0 Å². The van der Waals surface area contributed by atoms with Gasteiger partial charge in [0, 0.05) is 11.3 Å². The van der Waals surface area contributed by atoms with Gasteiger partial charge in [-0.2, -0.15) is 0 Å². The third-order valence-corrected chi connectivity index (χ3v) is 5.45. The minimum atomic E-state index is -0.220. The van der Waals surface area contributed by atoms with Gasteiger partial charge in [0.1, 0.15) is 5.75 Å². The van der Waals surface area contributed by atoms with E-state index in [4.69, 9.17) is 4.74 Å². The molecular formula is C19H18N4O2S. The van der Waals surface area contributed by atoms with Gasteiger partial charge in [-0.15, -0.1) is 5.10 Å². The Balaban J connectivity index is 1.48. The maximum absolute atomic E-state index is 12.5. The molecule has 0 radical (unpaired) electrons. The number of ether oxygens (including phenoxy) is 1. The van der Waals surface area contributed by atoms with Crippen LogP contribution in [-0.2, 0) is 11.2 Å². The number of methoxy groups -OCH3 is 1. The largest absolute Gasteiger partial charge is 0.497 e.